The molecule has 2 nitrogen and oxygen atoms in total. The molecule has 0 aliphatic rings. The maximum Gasteiger partial charge on any atom is 0.0453 e. The largest absolute Gasteiger partial charge is 0.361 e. The Morgan fingerprint density at radius 3 is 1.60 bits per heavy atom. The third-order valence-electron chi connectivity index (χ3n) is 10.1. The highest BCUT2D eigenvalue weighted by molar-refractivity contribution is 6.09. The molecule has 0 aliphatic carbocycles. The van der Waals surface area contributed by atoms with E-state index in [1.54, 1.807) is 0 Å². The van der Waals surface area contributed by atoms with Crippen LogP contribution in [0.25, 0.3) is 55.1 Å². The number of nitrogens with two attached hydrogens (primary N) is 1. The smallest absolute Gasteiger partial charge is 0.0453 e. The number of fused-ring (bicyclic) bond motifs is 3. The maximum absolute atomic E-state index is 7.31. The minimum absolute atomic E-state index is 0.182. The fourth-order valence-corrected chi connectivity index (χ4v) is 7.39. The molecule has 2 atom stereocenters. The third kappa shape index (κ3) is 5.51. The van der Waals surface area contributed by atoms with Crippen LogP contribution in [-0.4, -0.2) is 4.98 Å². The first kappa shape index (κ1) is 29.7. The lowest BCUT2D eigenvalue weighted by Crippen LogP contribution is -2.29. The van der Waals surface area contributed by atoms with Crippen LogP contribution in [0.4, 0.5) is 0 Å². The predicted molar refractivity (Wildman–Crippen MR) is 203 cm³/mol. The van der Waals surface area contributed by atoms with Crippen LogP contribution >= 0.6 is 0 Å². The molecule has 0 fully saturated rings. The number of hydrogen-bond donors (Lipinski definition) is 2. The number of hydrogen-bond acceptors (Lipinski definition) is 1. The molecule has 8 aromatic rings. The van der Waals surface area contributed by atoms with Gasteiger partial charge in [0.05, 0.1) is 0 Å². The molecule has 0 saturated heterocycles. The van der Waals surface area contributed by atoms with Crippen molar-refractivity contribution in [2.75, 3.05) is 0 Å². The van der Waals surface area contributed by atoms with Gasteiger partial charge in [0.1, 0.15) is 0 Å². The van der Waals surface area contributed by atoms with E-state index in [9.17, 15) is 0 Å². The minimum atomic E-state index is -0.336. The lowest BCUT2D eigenvalue weighted by molar-refractivity contribution is 0.463. The number of H-pyrrole nitrogens is 1. The second-order valence-electron chi connectivity index (χ2n) is 13.1. The molecule has 1 heterocycles. The molecule has 0 saturated carbocycles. The summed E-state index contributed by atoms with van der Waals surface area (Å²) in [6, 6.07) is 61.1. The topological polar surface area (TPSA) is 41.8 Å². The molecule has 0 aliphatic heterocycles. The molecule has 3 N–H and O–H groups in total. The van der Waals surface area contributed by atoms with Crippen LogP contribution in [0.1, 0.15) is 36.1 Å². The Balaban J connectivity index is 1.18. The van der Waals surface area contributed by atoms with Crippen LogP contribution in [0.5, 0.6) is 0 Å². The van der Waals surface area contributed by atoms with Gasteiger partial charge in [0.2, 0.25) is 0 Å². The molecule has 1 aromatic heterocycles. The standard InChI is InChI=1S/C46H38N2/c1-46(38-25-21-34(22-26-38)32-10-3-2-4-11-32,31-44(47)43-30-37-12-5-6-13-40(37)41-14-7-8-15-42(41)43)39-27-23-35(24-28-39)33-17-19-36(20-18-33)45-16-9-29-48-45/h2-30,44,48H,31,47H2,1H3. The number of rotatable bonds is 8. The van der Waals surface area contributed by atoms with Crippen LogP contribution in [-0.2, 0) is 5.41 Å². The molecule has 7 aromatic carbocycles. The lowest BCUT2D eigenvalue weighted by Gasteiger charge is -2.34. The second-order valence-corrected chi connectivity index (χ2v) is 13.1. The van der Waals surface area contributed by atoms with E-state index >= 15 is 0 Å². The van der Waals surface area contributed by atoms with Crippen LogP contribution in [0.3, 0.4) is 0 Å². The average Bonchev–Trinajstić information content (AvgIpc) is 3.70. The van der Waals surface area contributed by atoms with E-state index in [1.807, 2.05) is 12.3 Å². The van der Waals surface area contributed by atoms with E-state index in [0.717, 1.165) is 12.1 Å². The zero-order valence-corrected chi connectivity index (χ0v) is 27.1. The van der Waals surface area contributed by atoms with Gasteiger partial charge in [-0.1, -0.05) is 159 Å². The van der Waals surface area contributed by atoms with Crippen molar-refractivity contribution in [1.82, 2.24) is 4.98 Å². The van der Waals surface area contributed by atoms with Crippen molar-refractivity contribution in [3.8, 4) is 33.5 Å². The molecule has 0 spiro atoms. The molecule has 48 heavy (non-hydrogen) atoms. The Bertz CT molecular complexity index is 2300. The lowest BCUT2D eigenvalue weighted by atomic mass is 9.70. The Morgan fingerprint density at radius 2 is 1.00 bits per heavy atom. The Kier molecular flexibility index (Phi) is 7.72. The van der Waals surface area contributed by atoms with Crippen molar-refractivity contribution in [3.05, 3.63) is 193 Å². The minimum Gasteiger partial charge on any atom is -0.361 e. The van der Waals surface area contributed by atoms with Gasteiger partial charge in [-0.25, -0.2) is 0 Å². The highest BCUT2D eigenvalue weighted by Gasteiger charge is 2.32. The molecule has 0 amide bonds. The van der Waals surface area contributed by atoms with E-state index in [4.69, 9.17) is 5.73 Å². The summed E-state index contributed by atoms with van der Waals surface area (Å²) in [7, 11) is 0. The van der Waals surface area contributed by atoms with Gasteiger partial charge in [-0.05, 0) is 90.7 Å². The Labute approximate surface area is 282 Å². The quantitative estimate of drug-likeness (QED) is 0.163. The number of aromatic amines is 1. The molecule has 8 rings (SSSR count). The second kappa shape index (κ2) is 12.5. The Hall–Kier alpha value is -5.70. The van der Waals surface area contributed by atoms with E-state index in [1.165, 1.54) is 66.1 Å². The zero-order chi connectivity index (χ0) is 32.5. The monoisotopic (exact) mass is 618 g/mol. The van der Waals surface area contributed by atoms with Gasteiger partial charge in [-0.3, -0.25) is 0 Å². The third-order valence-corrected chi connectivity index (χ3v) is 10.1. The van der Waals surface area contributed by atoms with Crippen LogP contribution < -0.4 is 5.73 Å². The summed E-state index contributed by atoms with van der Waals surface area (Å²) in [5.74, 6) is 0. The SMILES string of the molecule is CC(CC(N)c1cc2ccccc2c2ccccc12)(c1ccc(-c2ccccc2)cc1)c1ccc(-c2ccc(-c3ccc[nH]3)cc2)cc1. The normalized spacial score (nSPS) is 13.4. The van der Waals surface area contributed by atoms with E-state index in [0.29, 0.717) is 0 Å². The van der Waals surface area contributed by atoms with Gasteiger partial charge in [0.15, 0.2) is 0 Å². The van der Waals surface area contributed by atoms with E-state index < -0.39 is 0 Å². The fourth-order valence-electron chi connectivity index (χ4n) is 7.39. The summed E-state index contributed by atoms with van der Waals surface area (Å²) in [5, 5.41) is 4.97. The van der Waals surface area contributed by atoms with Crippen molar-refractivity contribution in [2.24, 2.45) is 5.73 Å². The summed E-state index contributed by atoms with van der Waals surface area (Å²) in [6.07, 6.45) is 2.72. The number of benzene rings is 7. The molecule has 0 bridgehead atoms. The van der Waals surface area contributed by atoms with Crippen LogP contribution in [0.15, 0.2) is 176 Å². The van der Waals surface area contributed by atoms with Gasteiger partial charge in [0, 0.05) is 23.3 Å². The van der Waals surface area contributed by atoms with Gasteiger partial charge in [-0.2, -0.15) is 0 Å². The van der Waals surface area contributed by atoms with Crippen molar-refractivity contribution in [1.29, 1.82) is 0 Å². The highest BCUT2D eigenvalue weighted by Crippen LogP contribution is 2.42. The van der Waals surface area contributed by atoms with Gasteiger partial charge in [-0.15, -0.1) is 0 Å². The summed E-state index contributed by atoms with van der Waals surface area (Å²) in [4.78, 5) is 3.30. The van der Waals surface area contributed by atoms with E-state index in [2.05, 4.69) is 176 Å². The number of aromatic nitrogens is 1. The van der Waals surface area contributed by atoms with Crippen molar-refractivity contribution >= 4 is 21.5 Å². The number of nitrogens with one attached hydrogen (secondary N) is 1. The molecule has 232 valence electrons. The summed E-state index contributed by atoms with van der Waals surface area (Å²) in [6.45, 7) is 2.35. The van der Waals surface area contributed by atoms with Gasteiger partial charge < -0.3 is 10.7 Å². The van der Waals surface area contributed by atoms with Crippen molar-refractivity contribution in [2.45, 2.75) is 24.8 Å². The molecule has 2 unspecified atom stereocenters. The van der Waals surface area contributed by atoms with Gasteiger partial charge in [0.25, 0.3) is 0 Å². The first-order valence-corrected chi connectivity index (χ1v) is 16.7. The predicted octanol–water partition coefficient (Wildman–Crippen LogP) is 11.7. The molecule has 2 heteroatoms. The average molecular weight is 619 g/mol. The maximum atomic E-state index is 7.31. The zero-order valence-electron chi connectivity index (χ0n) is 27.1. The first-order valence-electron chi connectivity index (χ1n) is 16.7. The van der Waals surface area contributed by atoms with Gasteiger partial charge >= 0.3 is 0 Å². The summed E-state index contributed by atoms with van der Waals surface area (Å²) in [5.41, 5.74) is 17.8. The summed E-state index contributed by atoms with van der Waals surface area (Å²) >= 11 is 0. The summed E-state index contributed by atoms with van der Waals surface area (Å²) < 4.78 is 0. The molecular weight excluding hydrogens is 581 g/mol. The molecule has 0 radical (unpaired) electrons. The fraction of sp³-hybridized carbons (Fsp3) is 0.0870. The van der Waals surface area contributed by atoms with Crippen LogP contribution in [0.2, 0.25) is 0 Å². The van der Waals surface area contributed by atoms with Crippen molar-refractivity contribution < 1.29 is 0 Å². The van der Waals surface area contributed by atoms with E-state index in [-0.39, 0.29) is 11.5 Å². The highest BCUT2D eigenvalue weighted by atomic mass is 14.7. The molecular formula is C46H38N2. The Morgan fingerprint density at radius 1 is 0.500 bits per heavy atom. The first-order chi connectivity index (χ1) is 23.6. The van der Waals surface area contributed by atoms with Crippen LogP contribution in [0, 0.1) is 0 Å². The van der Waals surface area contributed by atoms with Crippen molar-refractivity contribution in [3.63, 3.8) is 0 Å².